The van der Waals surface area contributed by atoms with Crippen molar-refractivity contribution in [2.45, 2.75) is 19.4 Å². The fraction of sp³-hybridized carbons (Fsp3) is 0.238. The van der Waals surface area contributed by atoms with Gasteiger partial charge in [0, 0.05) is 31.1 Å². The van der Waals surface area contributed by atoms with Gasteiger partial charge in [0.25, 0.3) is 0 Å². The first-order chi connectivity index (χ1) is 14.3. The highest BCUT2D eigenvalue weighted by Crippen LogP contribution is 2.30. The van der Waals surface area contributed by atoms with Crippen molar-refractivity contribution in [2.24, 2.45) is 0 Å². The SMILES string of the molecule is O=C(CCn1ccnn1)N1CCC=C(c2ccc3oc(-c4cnoc4)cc3c2)C1. The monoisotopic (exact) mass is 389 g/mol. The Morgan fingerprint density at radius 3 is 3.00 bits per heavy atom. The van der Waals surface area contributed by atoms with Crippen LogP contribution in [0.15, 0.2) is 64.1 Å². The van der Waals surface area contributed by atoms with Gasteiger partial charge in [0.15, 0.2) is 0 Å². The van der Waals surface area contributed by atoms with Crippen LogP contribution in [0.1, 0.15) is 18.4 Å². The maximum atomic E-state index is 12.6. The van der Waals surface area contributed by atoms with E-state index in [2.05, 4.69) is 27.6 Å². The van der Waals surface area contributed by atoms with E-state index in [0.717, 1.165) is 46.4 Å². The number of hydrogen-bond acceptors (Lipinski definition) is 6. The van der Waals surface area contributed by atoms with E-state index in [0.29, 0.717) is 19.5 Å². The van der Waals surface area contributed by atoms with Crippen LogP contribution in [0.25, 0.3) is 27.9 Å². The fourth-order valence-corrected chi connectivity index (χ4v) is 3.60. The molecule has 4 aromatic rings. The van der Waals surface area contributed by atoms with E-state index in [1.807, 2.05) is 23.1 Å². The van der Waals surface area contributed by atoms with Crippen LogP contribution in [0, 0.1) is 0 Å². The minimum atomic E-state index is 0.130. The van der Waals surface area contributed by atoms with Crippen molar-refractivity contribution >= 4 is 22.4 Å². The second-order valence-corrected chi connectivity index (χ2v) is 7.03. The normalized spacial score (nSPS) is 14.3. The van der Waals surface area contributed by atoms with Crippen molar-refractivity contribution in [2.75, 3.05) is 13.1 Å². The number of furan rings is 1. The number of nitrogens with zero attached hydrogens (tertiary/aromatic N) is 5. The van der Waals surface area contributed by atoms with Gasteiger partial charge < -0.3 is 13.8 Å². The fourth-order valence-electron chi connectivity index (χ4n) is 3.60. The molecule has 0 atom stereocenters. The van der Waals surface area contributed by atoms with Crippen molar-refractivity contribution in [3.05, 3.63) is 60.8 Å². The predicted molar refractivity (Wildman–Crippen MR) is 106 cm³/mol. The van der Waals surface area contributed by atoms with Crippen LogP contribution < -0.4 is 0 Å². The summed E-state index contributed by atoms with van der Waals surface area (Å²) in [6, 6.07) is 8.09. The van der Waals surface area contributed by atoms with Crippen LogP contribution in [-0.4, -0.2) is 44.0 Å². The van der Waals surface area contributed by atoms with Crippen molar-refractivity contribution < 1.29 is 13.7 Å². The third-order valence-corrected chi connectivity index (χ3v) is 5.13. The van der Waals surface area contributed by atoms with E-state index in [9.17, 15) is 4.79 Å². The molecule has 1 aliphatic heterocycles. The summed E-state index contributed by atoms with van der Waals surface area (Å²) in [5, 5.41) is 12.4. The van der Waals surface area contributed by atoms with Gasteiger partial charge in [-0.1, -0.05) is 22.5 Å². The van der Waals surface area contributed by atoms with Gasteiger partial charge in [-0.25, -0.2) is 0 Å². The average molecular weight is 389 g/mol. The van der Waals surface area contributed by atoms with Crippen LogP contribution in [-0.2, 0) is 11.3 Å². The largest absolute Gasteiger partial charge is 0.456 e. The zero-order chi connectivity index (χ0) is 19.6. The molecule has 0 bridgehead atoms. The first-order valence-corrected chi connectivity index (χ1v) is 9.51. The van der Waals surface area contributed by atoms with Crippen LogP contribution in [0.3, 0.4) is 0 Å². The van der Waals surface area contributed by atoms with Gasteiger partial charge in [-0.2, -0.15) is 0 Å². The number of carbonyl (C=O) groups excluding carboxylic acids is 1. The van der Waals surface area contributed by atoms with E-state index in [1.54, 1.807) is 29.5 Å². The summed E-state index contributed by atoms with van der Waals surface area (Å²) in [5.74, 6) is 0.853. The molecule has 8 nitrogen and oxygen atoms in total. The van der Waals surface area contributed by atoms with Crippen LogP contribution in [0.5, 0.6) is 0 Å². The van der Waals surface area contributed by atoms with Crippen molar-refractivity contribution in [3.8, 4) is 11.3 Å². The Morgan fingerprint density at radius 1 is 1.21 bits per heavy atom. The Kier molecular flexibility index (Phi) is 4.44. The number of carbonyl (C=O) groups is 1. The summed E-state index contributed by atoms with van der Waals surface area (Å²) in [6.07, 6.45) is 10.0. The first-order valence-electron chi connectivity index (χ1n) is 9.51. The van der Waals surface area contributed by atoms with Gasteiger partial charge in [-0.05, 0) is 35.8 Å². The molecule has 1 aliphatic rings. The Hall–Kier alpha value is -3.68. The number of aryl methyl sites for hydroxylation is 1. The zero-order valence-corrected chi connectivity index (χ0v) is 15.7. The summed E-state index contributed by atoms with van der Waals surface area (Å²) >= 11 is 0. The Labute approximate surface area is 166 Å². The molecule has 1 aromatic carbocycles. The van der Waals surface area contributed by atoms with E-state index in [-0.39, 0.29) is 5.91 Å². The molecule has 0 aliphatic carbocycles. The molecule has 0 radical (unpaired) electrons. The summed E-state index contributed by atoms with van der Waals surface area (Å²) in [6.45, 7) is 1.89. The molecular weight excluding hydrogens is 370 g/mol. The summed E-state index contributed by atoms with van der Waals surface area (Å²) in [5.41, 5.74) is 3.87. The highest BCUT2D eigenvalue weighted by Gasteiger charge is 2.19. The van der Waals surface area contributed by atoms with Crippen LogP contribution in [0.4, 0.5) is 0 Å². The Balaban J connectivity index is 1.31. The molecule has 0 fully saturated rings. The number of benzene rings is 1. The molecule has 1 amide bonds. The average Bonchev–Trinajstić information content (AvgIpc) is 3.52. The third kappa shape index (κ3) is 3.56. The number of hydrogen-bond donors (Lipinski definition) is 0. The molecule has 4 heterocycles. The lowest BCUT2D eigenvalue weighted by Crippen LogP contribution is -2.35. The molecule has 0 saturated carbocycles. The number of fused-ring (bicyclic) bond motifs is 1. The van der Waals surface area contributed by atoms with Gasteiger partial charge in [0.2, 0.25) is 5.91 Å². The van der Waals surface area contributed by atoms with Gasteiger partial charge in [-0.15, -0.1) is 5.10 Å². The Bertz CT molecular complexity index is 1160. The van der Waals surface area contributed by atoms with Gasteiger partial charge in [0.1, 0.15) is 17.6 Å². The number of rotatable bonds is 5. The predicted octanol–water partition coefficient (Wildman–Crippen LogP) is 3.39. The summed E-state index contributed by atoms with van der Waals surface area (Å²) < 4.78 is 12.5. The van der Waals surface area contributed by atoms with Gasteiger partial charge in [0.05, 0.1) is 24.5 Å². The second kappa shape index (κ2) is 7.38. The van der Waals surface area contributed by atoms with Crippen molar-refractivity contribution in [3.63, 3.8) is 0 Å². The summed E-state index contributed by atoms with van der Waals surface area (Å²) in [4.78, 5) is 14.5. The highest BCUT2D eigenvalue weighted by molar-refractivity contribution is 5.87. The molecular formula is C21H19N5O3. The van der Waals surface area contributed by atoms with Gasteiger partial charge >= 0.3 is 0 Å². The maximum Gasteiger partial charge on any atom is 0.224 e. The summed E-state index contributed by atoms with van der Waals surface area (Å²) in [7, 11) is 0. The van der Waals surface area contributed by atoms with E-state index in [4.69, 9.17) is 8.94 Å². The molecule has 0 spiro atoms. The molecule has 29 heavy (non-hydrogen) atoms. The lowest BCUT2D eigenvalue weighted by molar-refractivity contribution is -0.131. The number of aromatic nitrogens is 4. The minimum Gasteiger partial charge on any atom is -0.456 e. The third-order valence-electron chi connectivity index (χ3n) is 5.13. The lowest BCUT2D eigenvalue weighted by Gasteiger charge is -2.27. The van der Waals surface area contributed by atoms with Gasteiger partial charge in [-0.3, -0.25) is 9.48 Å². The van der Waals surface area contributed by atoms with E-state index < -0.39 is 0 Å². The minimum absolute atomic E-state index is 0.130. The smallest absolute Gasteiger partial charge is 0.224 e. The molecule has 8 heteroatoms. The lowest BCUT2D eigenvalue weighted by atomic mass is 9.99. The van der Waals surface area contributed by atoms with E-state index >= 15 is 0 Å². The quantitative estimate of drug-likeness (QED) is 0.520. The Morgan fingerprint density at radius 2 is 2.17 bits per heavy atom. The highest BCUT2D eigenvalue weighted by atomic mass is 16.5. The van der Waals surface area contributed by atoms with Crippen LogP contribution >= 0.6 is 0 Å². The van der Waals surface area contributed by atoms with Crippen LogP contribution in [0.2, 0.25) is 0 Å². The zero-order valence-electron chi connectivity index (χ0n) is 15.7. The molecule has 0 N–H and O–H groups in total. The topological polar surface area (TPSA) is 90.2 Å². The first kappa shape index (κ1) is 17.4. The van der Waals surface area contributed by atoms with Crippen molar-refractivity contribution in [1.29, 1.82) is 0 Å². The molecule has 5 rings (SSSR count). The molecule has 0 unspecified atom stereocenters. The standard InChI is InChI=1S/C21H19N5O3/c27-21(5-8-26-9-6-22-24-26)25-7-1-2-16(13-25)15-3-4-19-17(10-15)11-20(29-19)18-12-23-28-14-18/h2-4,6,9-12,14H,1,5,7-8,13H2. The maximum absolute atomic E-state index is 12.6. The van der Waals surface area contributed by atoms with Crippen molar-refractivity contribution in [1.82, 2.24) is 25.1 Å². The van der Waals surface area contributed by atoms with E-state index in [1.165, 1.54) is 0 Å². The number of amides is 1. The molecule has 146 valence electrons. The molecule has 0 saturated heterocycles. The molecule has 3 aromatic heterocycles. The second-order valence-electron chi connectivity index (χ2n) is 7.03.